The Bertz CT molecular complexity index is 1040. The predicted octanol–water partition coefficient (Wildman–Crippen LogP) is 0.155. The molecule has 0 saturated carbocycles. The fourth-order valence-electron chi connectivity index (χ4n) is 4.44. The lowest BCUT2D eigenvalue weighted by Crippen LogP contribution is -3.14. The van der Waals surface area contributed by atoms with Crippen LogP contribution in [0.25, 0.3) is 10.2 Å². The van der Waals surface area contributed by atoms with Gasteiger partial charge < -0.3 is 9.80 Å². The Morgan fingerprint density at radius 1 is 1.29 bits per heavy atom. The number of H-pyrrole nitrogens is 1. The van der Waals surface area contributed by atoms with Crippen LogP contribution in [0.4, 0.5) is 5.69 Å². The number of anilines is 1. The fourth-order valence-corrected chi connectivity index (χ4v) is 5.75. The molecule has 0 bridgehead atoms. The number of thiophene rings is 1. The first-order valence-corrected chi connectivity index (χ1v) is 10.9. The van der Waals surface area contributed by atoms with Gasteiger partial charge in [-0.25, -0.2) is 4.98 Å². The summed E-state index contributed by atoms with van der Waals surface area (Å²) in [6.45, 7) is 6.83. The quantitative estimate of drug-likeness (QED) is 0.682. The minimum atomic E-state index is 0.0468. The van der Waals surface area contributed by atoms with Crippen molar-refractivity contribution in [2.24, 2.45) is 5.92 Å². The minimum Gasteiger partial charge on any atom is -0.360 e. The lowest BCUT2D eigenvalue weighted by Gasteiger charge is -2.33. The van der Waals surface area contributed by atoms with E-state index in [0.29, 0.717) is 12.6 Å². The zero-order valence-corrected chi connectivity index (χ0v) is 17.0. The summed E-state index contributed by atoms with van der Waals surface area (Å²) in [5.41, 5.74) is 2.54. The first-order chi connectivity index (χ1) is 13.7. The van der Waals surface area contributed by atoms with E-state index in [9.17, 15) is 4.79 Å². The Morgan fingerprint density at radius 2 is 2.07 bits per heavy atom. The molecule has 28 heavy (non-hydrogen) atoms. The number of fused-ring (bicyclic) bond motifs is 3. The SMILES string of the molecule is C[C@@H]1CCc2c(sc3nnn(C[NH+]4CCN(c5cc[nH+]cc5)CC4)c(=O)c23)C1. The second-order valence-electron chi connectivity index (χ2n) is 8.08. The molecule has 1 fully saturated rings. The predicted molar refractivity (Wildman–Crippen MR) is 109 cm³/mol. The molecule has 0 unspecified atom stereocenters. The molecule has 1 atom stereocenters. The Kier molecular flexibility index (Phi) is 4.60. The largest absolute Gasteiger partial charge is 0.360 e. The molecule has 0 aromatic carbocycles. The average Bonchev–Trinajstić information content (AvgIpc) is 3.09. The summed E-state index contributed by atoms with van der Waals surface area (Å²) >= 11 is 1.67. The molecule has 2 aliphatic rings. The van der Waals surface area contributed by atoms with Crippen LogP contribution in [-0.4, -0.2) is 41.2 Å². The van der Waals surface area contributed by atoms with E-state index in [-0.39, 0.29) is 5.56 Å². The maximum absolute atomic E-state index is 13.1. The van der Waals surface area contributed by atoms with E-state index in [0.717, 1.165) is 55.7 Å². The summed E-state index contributed by atoms with van der Waals surface area (Å²) in [6.07, 6.45) is 7.14. The summed E-state index contributed by atoms with van der Waals surface area (Å²) in [6, 6.07) is 4.21. The van der Waals surface area contributed by atoms with Crippen LogP contribution in [0, 0.1) is 5.92 Å². The number of nitrogens with one attached hydrogen (secondary N) is 2. The highest BCUT2D eigenvalue weighted by Crippen LogP contribution is 2.35. The summed E-state index contributed by atoms with van der Waals surface area (Å²) in [7, 11) is 0. The summed E-state index contributed by atoms with van der Waals surface area (Å²) in [5, 5.41) is 9.50. The van der Waals surface area contributed by atoms with Crippen LogP contribution in [0.1, 0.15) is 23.8 Å². The molecule has 3 aromatic heterocycles. The third-order valence-electron chi connectivity index (χ3n) is 6.09. The van der Waals surface area contributed by atoms with Gasteiger partial charge in [-0.3, -0.25) is 4.79 Å². The van der Waals surface area contributed by atoms with Crippen molar-refractivity contribution in [3.05, 3.63) is 45.3 Å². The number of quaternary nitrogens is 1. The maximum Gasteiger partial charge on any atom is 0.283 e. The molecule has 1 saturated heterocycles. The molecule has 0 radical (unpaired) electrons. The lowest BCUT2D eigenvalue weighted by atomic mass is 9.89. The number of aromatic nitrogens is 4. The molecule has 5 rings (SSSR count). The molecule has 7 nitrogen and oxygen atoms in total. The Balaban J connectivity index is 1.34. The molecule has 3 aromatic rings. The molecule has 146 valence electrons. The highest BCUT2D eigenvalue weighted by Gasteiger charge is 2.25. The van der Waals surface area contributed by atoms with Gasteiger partial charge in [0, 0.05) is 22.7 Å². The van der Waals surface area contributed by atoms with Gasteiger partial charge >= 0.3 is 0 Å². The Labute approximate surface area is 167 Å². The summed E-state index contributed by atoms with van der Waals surface area (Å²) in [4.78, 5) is 22.2. The molecule has 0 amide bonds. The van der Waals surface area contributed by atoms with Gasteiger partial charge in [-0.2, -0.15) is 4.68 Å². The van der Waals surface area contributed by atoms with E-state index in [1.807, 2.05) is 12.4 Å². The lowest BCUT2D eigenvalue weighted by molar-refractivity contribution is -0.924. The van der Waals surface area contributed by atoms with Crippen LogP contribution in [0.5, 0.6) is 0 Å². The third kappa shape index (κ3) is 3.20. The Hall–Kier alpha value is -2.32. The molecule has 0 spiro atoms. The Morgan fingerprint density at radius 3 is 2.86 bits per heavy atom. The molecule has 1 aliphatic heterocycles. The van der Waals surface area contributed by atoms with Crippen LogP contribution in [-0.2, 0) is 19.5 Å². The van der Waals surface area contributed by atoms with E-state index < -0.39 is 0 Å². The summed E-state index contributed by atoms with van der Waals surface area (Å²) in [5.74, 6) is 0.694. The standard InChI is InChI=1S/C20H24N6OS/c1-14-2-3-16-17(12-14)28-19-18(16)20(27)26(23-22-19)13-24-8-10-25(11-9-24)15-4-6-21-7-5-15/h4-7,14H,2-3,8-13H2,1H3/p+2/t14-/m1/s1. The van der Waals surface area contributed by atoms with Gasteiger partial charge in [-0.1, -0.05) is 12.1 Å². The number of rotatable bonds is 3. The van der Waals surface area contributed by atoms with Gasteiger partial charge in [0.2, 0.25) is 0 Å². The maximum atomic E-state index is 13.1. The van der Waals surface area contributed by atoms with Crippen molar-refractivity contribution in [2.75, 3.05) is 31.1 Å². The van der Waals surface area contributed by atoms with Gasteiger partial charge in [0.1, 0.15) is 0 Å². The van der Waals surface area contributed by atoms with Crippen LogP contribution in [0.15, 0.2) is 29.3 Å². The molecule has 4 heterocycles. The topological polar surface area (TPSA) is 69.6 Å². The molecular weight excluding hydrogens is 372 g/mol. The number of aryl methyl sites for hydroxylation is 1. The normalized spacial score (nSPS) is 20.5. The van der Waals surface area contributed by atoms with Crippen molar-refractivity contribution in [1.29, 1.82) is 0 Å². The highest BCUT2D eigenvalue weighted by molar-refractivity contribution is 7.18. The second kappa shape index (κ2) is 7.25. The van der Waals surface area contributed by atoms with E-state index in [1.54, 1.807) is 16.0 Å². The van der Waals surface area contributed by atoms with E-state index in [2.05, 4.69) is 39.3 Å². The number of hydrogen-bond acceptors (Lipinski definition) is 5. The van der Waals surface area contributed by atoms with Gasteiger partial charge in [0.25, 0.3) is 5.56 Å². The van der Waals surface area contributed by atoms with Gasteiger partial charge in [-0.15, -0.1) is 16.4 Å². The van der Waals surface area contributed by atoms with Crippen LogP contribution < -0.4 is 20.3 Å². The van der Waals surface area contributed by atoms with E-state index in [4.69, 9.17) is 0 Å². The zero-order chi connectivity index (χ0) is 19.1. The number of hydrogen-bond donors (Lipinski definition) is 1. The van der Waals surface area contributed by atoms with Gasteiger partial charge in [0.15, 0.2) is 23.9 Å². The fraction of sp³-hybridized carbons (Fsp3) is 0.500. The average molecular weight is 399 g/mol. The van der Waals surface area contributed by atoms with Crippen molar-refractivity contribution in [3.63, 3.8) is 0 Å². The van der Waals surface area contributed by atoms with Crippen LogP contribution >= 0.6 is 11.3 Å². The smallest absolute Gasteiger partial charge is 0.283 e. The molecular formula is C20H26N6OS+2. The van der Waals surface area contributed by atoms with Crippen molar-refractivity contribution >= 4 is 27.2 Å². The molecule has 8 heteroatoms. The molecule has 1 aliphatic carbocycles. The number of pyridine rings is 1. The first-order valence-electron chi connectivity index (χ1n) is 10.1. The number of aromatic amines is 1. The number of piperazine rings is 1. The first kappa shape index (κ1) is 17.8. The van der Waals surface area contributed by atoms with Gasteiger partial charge in [-0.05, 0) is 30.7 Å². The highest BCUT2D eigenvalue weighted by atomic mass is 32.1. The zero-order valence-electron chi connectivity index (χ0n) is 16.1. The summed E-state index contributed by atoms with van der Waals surface area (Å²) < 4.78 is 1.59. The van der Waals surface area contributed by atoms with Crippen molar-refractivity contribution in [2.45, 2.75) is 32.9 Å². The van der Waals surface area contributed by atoms with Crippen molar-refractivity contribution in [3.8, 4) is 0 Å². The third-order valence-corrected chi connectivity index (χ3v) is 7.23. The molecule has 2 N–H and O–H groups in total. The van der Waals surface area contributed by atoms with Crippen molar-refractivity contribution in [1.82, 2.24) is 15.0 Å². The number of nitrogens with zero attached hydrogens (tertiary/aromatic N) is 4. The van der Waals surface area contributed by atoms with Crippen molar-refractivity contribution < 1.29 is 9.88 Å². The second-order valence-corrected chi connectivity index (χ2v) is 9.16. The van der Waals surface area contributed by atoms with E-state index >= 15 is 0 Å². The van der Waals surface area contributed by atoms with Crippen LogP contribution in [0.3, 0.4) is 0 Å². The minimum absolute atomic E-state index is 0.0468. The van der Waals surface area contributed by atoms with Gasteiger partial charge in [0.05, 0.1) is 31.6 Å². The van der Waals surface area contributed by atoms with Crippen LogP contribution in [0.2, 0.25) is 0 Å². The van der Waals surface area contributed by atoms with E-state index in [1.165, 1.54) is 21.0 Å². The monoisotopic (exact) mass is 398 g/mol.